The number of hydrogen-bond donors (Lipinski definition) is 1. The van der Waals surface area contributed by atoms with Crippen LogP contribution in [-0.2, 0) is 12.6 Å². The van der Waals surface area contributed by atoms with Crippen LogP contribution in [0.2, 0.25) is 5.02 Å². The van der Waals surface area contributed by atoms with Gasteiger partial charge >= 0.3 is 6.18 Å². The van der Waals surface area contributed by atoms with Crippen molar-refractivity contribution in [3.8, 4) is 16.9 Å². The lowest BCUT2D eigenvalue weighted by molar-refractivity contribution is -0.137. The summed E-state index contributed by atoms with van der Waals surface area (Å²) in [7, 11) is 0. The molecular formula is C18H12BrClF3N3. The molecule has 0 bridgehead atoms. The summed E-state index contributed by atoms with van der Waals surface area (Å²) in [6, 6.07) is 11.5. The van der Waals surface area contributed by atoms with Gasteiger partial charge in [0.15, 0.2) is 0 Å². The van der Waals surface area contributed by atoms with Crippen molar-refractivity contribution in [2.45, 2.75) is 12.6 Å². The topological polar surface area (TPSA) is 29.9 Å². The van der Waals surface area contributed by atoms with Crippen molar-refractivity contribution in [2.24, 2.45) is 0 Å². The van der Waals surface area contributed by atoms with Gasteiger partial charge in [-0.25, -0.2) is 4.68 Å². The van der Waals surface area contributed by atoms with E-state index in [2.05, 4.69) is 26.3 Å². The third-order valence-electron chi connectivity index (χ3n) is 4.25. The Kier molecular flexibility index (Phi) is 4.23. The lowest BCUT2D eigenvalue weighted by Crippen LogP contribution is -2.06. The molecule has 2 aromatic carbocycles. The first-order valence-electron chi connectivity index (χ1n) is 7.83. The van der Waals surface area contributed by atoms with Crippen molar-refractivity contribution in [3.63, 3.8) is 0 Å². The molecule has 3 nitrogen and oxygen atoms in total. The Balaban J connectivity index is 1.88. The Bertz CT molecular complexity index is 998. The van der Waals surface area contributed by atoms with Gasteiger partial charge in [0.05, 0.1) is 22.0 Å². The maximum absolute atomic E-state index is 13.2. The van der Waals surface area contributed by atoms with Crippen LogP contribution < -0.4 is 5.32 Å². The van der Waals surface area contributed by atoms with Crippen LogP contribution >= 0.6 is 27.5 Å². The highest BCUT2D eigenvalue weighted by Gasteiger charge is 2.34. The van der Waals surface area contributed by atoms with Gasteiger partial charge < -0.3 is 5.32 Å². The molecular weight excluding hydrogens is 431 g/mol. The number of alkyl halides is 3. The van der Waals surface area contributed by atoms with E-state index in [-0.39, 0.29) is 5.02 Å². The van der Waals surface area contributed by atoms with E-state index in [4.69, 9.17) is 11.6 Å². The standard InChI is InChI=1S/C18H12BrClF3N3/c19-11-2-1-3-12(9-11)26-17-13(6-7-24-17)16(25-26)10-4-5-15(20)14(8-10)18(21,22)23/h1-5,8-9,24H,6-7H2. The number of nitrogens with zero attached hydrogens (tertiary/aromatic N) is 2. The van der Waals surface area contributed by atoms with Gasteiger partial charge in [0.1, 0.15) is 5.82 Å². The Hall–Kier alpha value is -1.99. The normalized spacial score (nSPS) is 13.6. The van der Waals surface area contributed by atoms with Crippen LogP contribution in [0.25, 0.3) is 16.9 Å². The highest BCUT2D eigenvalue weighted by Crippen LogP contribution is 2.40. The fraction of sp³-hybridized carbons (Fsp3) is 0.167. The quantitative estimate of drug-likeness (QED) is 0.532. The van der Waals surface area contributed by atoms with E-state index in [0.29, 0.717) is 24.2 Å². The number of halogens is 5. The maximum Gasteiger partial charge on any atom is 0.417 e. The Morgan fingerprint density at radius 2 is 1.96 bits per heavy atom. The molecule has 1 aromatic heterocycles. The molecule has 0 saturated heterocycles. The lowest BCUT2D eigenvalue weighted by Gasteiger charge is -2.10. The van der Waals surface area contributed by atoms with E-state index in [1.807, 2.05) is 24.3 Å². The molecule has 0 amide bonds. The molecule has 8 heteroatoms. The van der Waals surface area contributed by atoms with Crippen molar-refractivity contribution >= 4 is 33.3 Å². The molecule has 0 spiro atoms. The van der Waals surface area contributed by atoms with E-state index in [1.54, 1.807) is 10.7 Å². The summed E-state index contributed by atoms with van der Waals surface area (Å²) in [5, 5.41) is 7.54. The number of rotatable bonds is 2. The molecule has 26 heavy (non-hydrogen) atoms. The number of hydrogen-bond acceptors (Lipinski definition) is 2. The smallest absolute Gasteiger partial charge is 0.369 e. The van der Waals surface area contributed by atoms with Crippen molar-refractivity contribution in [2.75, 3.05) is 11.9 Å². The monoisotopic (exact) mass is 441 g/mol. The second-order valence-electron chi connectivity index (χ2n) is 5.94. The molecule has 0 aliphatic carbocycles. The zero-order valence-corrected chi connectivity index (χ0v) is 15.6. The van der Waals surface area contributed by atoms with E-state index >= 15 is 0 Å². The Labute approximate surface area is 160 Å². The second-order valence-corrected chi connectivity index (χ2v) is 7.26. The number of aromatic nitrogens is 2. The summed E-state index contributed by atoms with van der Waals surface area (Å²) in [5.41, 5.74) is 1.80. The second kappa shape index (κ2) is 6.32. The molecule has 0 atom stereocenters. The van der Waals surface area contributed by atoms with Gasteiger partial charge in [0.25, 0.3) is 0 Å². The molecule has 0 saturated carbocycles. The van der Waals surface area contributed by atoms with Gasteiger partial charge in [-0.1, -0.05) is 39.7 Å². The Morgan fingerprint density at radius 1 is 1.15 bits per heavy atom. The zero-order chi connectivity index (χ0) is 18.5. The average molecular weight is 443 g/mol. The van der Waals surface area contributed by atoms with Crippen molar-refractivity contribution in [1.82, 2.24) is 9.78 Å². The van der Waals surface area contributed by atoms with E-state index in [9.17, 15) is 13.2 Å². The number of anilines is 1. The van der Waals surface area contributed by atoms with Gasteiger partial charge in [0, 0.05) is 22.1 Å². The lowest BCUT2D eigenvalue weighted by atomic mass is 10.0. The minimum absolute atomic E-state index is 0.317. The van der Waals surface area contributed by atoms with Gasteiger partial charge in [-0.3, -0.25) is 0 Å². The molecule has 2 heterocycles. The fourth-order valence-corrected chi connectivity index (χ4v) is 3.70. The number of fused-ring (bicyclic) bond motifs is 1. The molecule has 4 rings (SSSR count). The molecule has 0 unspecified atom stereocenters. The third-order valence-corrected chi connectivity index (χ3v) is 5.07. The summed E-state index contributed by atoms with van der Waals surface area (Å²) in [6.07, 6.45) is -3.82. The first kappa shape index (κ1) is 17.4. The first-order valence-corrected chi connectivity index (χ1v) is 9.00. The molecule has 1 aliphatic rings. The number of benzene rings is 2. The SMILES string of the molecule is FC(F)(F)c1cc(-c2nn(-c3cccc(Br)c3)c3c2CCN3)ccc1Cl. The summed E-state index contributed by atoms with van der Waals surface area (Å²) < 4.78 is 42.2. The predicted molar refractivity (Wildman–Crippen MR) is 98.9 cm³/mol. The predicted octanol–water partition coefficient (Wildman–Crippen LogP) is 5.94. The third kappa shape index (κ3) is 2.99. The zero-order valence-electron chi connectivity index (χ0n) is 13.2. The summed E-state index contributed by atoms with van der Waals surface area (Å²) in [5.74, 6) is 0.807. The van der Waals surface area contributed by atoms with Crippen LogP contribution in [0.4, 0.5) is 19.0 Å². The van der Waals surface area contributed by atoms with Crippen LogP contribution in [0.1, 0.15) is 11.1 Å². The highest BCUT2D eigenvalue weighted by molar-refractivity contribution is 9.10. The molecule has 3 aromatic rings. The molecule has 134 valence electrons. The van der Waals surface area contributed by atoms with Crippen LogP contribution in [0, 0.1) is 0 Å². The highest BCUT2D eigenvalue weighted by atomic mass is 79.9. The molecule has 1 N–H and O–H groups in total. The van der Waals surface area contributed by atoms with Crippen LogP contribution in [0.5, 0.6) is 0 Å². The number of nitrogens with one attached hydrogen (secondary N) is 1. The van der Waals surface area contributed by atoms with Gasteiger partial charge in [-0.2, -0.15) is 18.3 Å². The minimum atomic E-state index is -4.51. The summed E-state index contributed by atoms with van der Waals surface area (Å²) in [4.78, 5) is 0. The molecule has 1 aliphatic heterocycles. The van der Waals surface area contributed by atoms with Crippen molar-refractivity contribution in [3.05, 3.63) is 63.1 Å². The minimum Gasteiger partial charge on any atom is -0.369 e. The van der Waals surface area contributed by atoms with Crippen LogP contribution in [-0.4, -0.2) is 16.3 Å². The van der Waals surface area contributed by atoms with Gasteiger partial charge in [-0.15, -0.1) is 0 Å². The summed E-state index contributed by atoms with van der Waals surface area (Å²) in [6.45, 7) is 0.716. The largest absolute Gasteiger partial charge is 0.417 e. The first-order chi connectivity index (χ1) is 12.3. The average Bonchev–Trinajstić information content (AvgIpc) is 3.16. The maximum atomic E-state index is 13.2. The van der Waals surface area contributed by atoms with Crippen LogP contribution in [0.3, 0.4) is 0 Å². The molecule has 0 fully saturated rings. The molecule has 0 radical (unpaired) electrons. The van der Waals surface area contributed by atoms with Gasteiger partial charge in [0.2, 0.25) is 0 Å². The van der Waals surface area contributed by atoms with Crippen molar-refractivity contribution < 1.29 is 13.2 Å². The van der Waals surface area contributed by atoms with E-state index < -0.39 is 11.7 Å². The van der Waals surface area contributed by atoms with E-state index in [0.717, 1.165) is 27.6 Å². The van der Waals surface area contributed by atoms with Crippen molar-refractivity contribution in [1.29, 1.82) is 0 Å². The van der Waals surface area contributed by atoms with Gasteiger partial charge in [-0.05, 0) is 36.8 Å². The summed E-state index contributed by atoms with van der Waals surface area (Å²) >= 11 is 9.17. The Morgan fingerprint density at radius 3 is 2.69 bits per heavy atom. The van der Waals surface area contributed by atoms with Crippen LogP contribution in [0.15, 0.2) is 46.9 Å². The fourth-order valence-electron chi connectivity index (χ4n) is 3.09. The van der Waals surface area contributed by atoms with E-state index in [1.165, 1.54) is 6.07 Å².